The number of benzene rings is 1. The molecule has 110 valence electrons. The molecule has 20 heavy (non-hydrogen) atoms. The fraction of sp³-hybridized carbons (Fsp3) is 0.429. The van der Waals surface area contributed by atoms with E-state index in [1.165, 1.54) is 7.11 Å². The van der Waals surface area contributed by atoms with E-state index in [1.807, 2.05) is 6.92 Å². The second-order valence-corrected chi connectivity index (χ2v) is 5.34. The molecule has 1 aromatic rings. The van der Waals surface area contributed by atoms with E-state index in [9.17, 15) is 9.59 Å². The highest BCUT2D eigenvalue weighted by molar-refractivity contribution is 9.10. The van der Waals surface area contributed by atoms with Crippen molar-refractivity contribution in [2.75, 3.05) is 13.7 Å². The number of carbonyl (C=O) groups is 2. The minimum atomic E-state index is -0.854. The van der Waals surface area contributed by atoms with Gasteiger partial charge in [-0.1, -0.05) is 29.3 Å². The van der Waals surface area contributed by atoms with Gasteiger partial charge in [-0.3, -0.25) is 9.59 Å². The van der Waals surface area contributed by atoms with E-state index in [-0.39, 0.29) is 18.2 Å². The van der Waals surface area contributed by atoms with E-state index in [1.54, 1.807) is 18.2 Å². The number of methoxy groups -OCH3 is 1. The zero-order valence-electron chi connectivity index (χ0n) is 11.5. The van der Waals surface area contributed by atoms with Crippen LogP contribution in [0.2, 0.25) is 0 Å². The third-order valence-electron chi connectivity index (χ3n) is 3.00. The Labute approximate surface area is 126 Å². The van der Waals surface area contributed by atoms with Gasteiger partial charge in [0.15, 0.2) is 0 Å². The minimum absolute atomic E-state index is 0.0499. The topological polar surface area (TPSA) is 75.6 Å². The van der Waals surface area contributed by atoms with Crippen LogP contribution in [-0.4, -0.2) is 30.6 Å². The molecule has 0 aliphatic heterocycles. The van der Waals surface area contributed by atoms with Crippen LogP contribution in [0.3, 0.4) is 0 Å². The first-order valence-electron chi connectivity index (χ1n) is 6.31. The number of halogens is 1. The fourth-order valence-corrected chi connectivity index (χ4v) is 2.13. The minimum Gasteiger partial charge on any atom is -0.496 e. The number of amides is 1. The van der Waals surface area contributed by atoms with E-state index in [4.69, 9.17) is 9.84 Å². The maximum absolute atomic E-state index is 12.1. The number of hydrogen-bond donors (Lipinski definition) is 2. The van der Waals surface area contributed by atoms with E-state index < -0.39 is 5.97 Å². The van der Waals surface area contributed by atoms with Crippen molar-refractivity contribution >= 4 is 27.8 Å². The molecule has 1 amide bonds. The Balaban J connectivity index is 2.69. The van der Waals surface area contributed by atoms with Crippen molar-refractivity contribution in [3.05, 3.63) is 28.2 Å². The van der Waals surface area contributed by atoms with Gasteiger partial charge in [0.25, 0.3) is 5.91 Å². The monoisotopic (exact) mass is 343 g/mol. The lowest BCUT2D eigenvalue weighted by Crippen LogP contribution is -2.30. The van der Waals surface area contributed by atoms with Crippen molar-refractivity contribution in [1.29, 1.82) is 0 Å². The van der Waals surface area contributed by atoms with E-state index >= 15 is 0 Å². The lowest BCUT2D eigenvalue weighted by Gasteiger charge is -2.14. The summed E-state index contributed by atoms with van der Waals surface area (Å²) in [6.07, 6.45) is 0.748. The van der Waals surface area contributed by atoms with Crippen molar-refractivity contribution in [2.24, 2.45) is 5.92 Å². The average Bonchev–Trinajstić information content (AvgIpc) is 2.42. The largest absolute Gasteiger partial charge is 0.496 e. The molecule has 1 atom stereocenters. The highest BCUT2D eigenvalue weighted by atomic mass is 79.9. The van der Waals surface area contributed by atoms with Gasteiger partial charge in [0.1, 0.15) is 5.75 Å². The van der Waals surface area contributed by atoms with E-state index in [2.05, 4.69) is 21.2 Å². The standard InChI is InChI=1S/C14H18BrNO4/c1-3-9(6-13(17)18)8-16-14(19)11-5-4-10(15)7-12(11)20-2/h4-5,7,9H,3,6,8H2,1-2H3,(H,16,19)(H,17,18). The maximum Gasteiger partial charge on any atom is 0.303 e. The van der Waals surface area contributed by atoms with Gasteiger partial charge in [0, 0.05) is 17.4 Å². The molecule has 0 bridgehead atoms. The third-order valence-corrected chi connectivity index (χ3v) is 3.49. The molecular weight excluding hydrogens is 326 g/mol. The van der Waals surface area contributed by atoms with E-state index in [0.29, 0.717) is 24.3 Å². The molecule has 1 unspecified atom stereocenters. The number of rotatable bonds is 7. The second kappa shape index (κ2) is 7.89. The number of carbonyl (C=O) groups excluding carboxylic acids is 1. The second-order valence-electron chi connectivity index (χ2n) is 4.43. The van der Waals surface area contributed by atoms with Gasteiger partial charge in [-0.05, 0) is 24.1 Å². The van der Waals surface area contributed by atoms with Crippen molar-refractivity contribution in [3.63, 3.8) is 0 Å². The average molecular weight is 344 g/mol. The fourth-order valence-electron chi connectivity index (χ4n) is 1.79. The summed E-state index contributed by atoms with van der Waals surface area (Å²) in [6, 6.07) is 5.13. The molecule has 0 saturated heterocycles. The molecule has 0 radical (unpaired) electrons. The van der Waals surface area contributed by atoms with Crippen LogP contribution in [0.5, 0.6) is 5.75 Å². The molecule has 0 fully saturated rings. The normalized spacial score (nSPS) is 11.8. The van der Waals surface area contributed by atoms with Crippen LogP contribution in [0.25, 0.3) is 0 Å². The Kier molecular flexibility index (Phi) is 6.51. The molecule has 5 nitrogen and oxygen atoms in total. The zero-order valence-corrected chi connectivity index (χ0v) is 13.1. The molecule has 1 rings (SSSR count). The van der Waals surface area contributed by atoms with Gasteiger partial charge >= 0.3 is 5.97 Å². The van der Waals surface area contributed by atoms with Crippen LogP contribution in [0.4, 0.5) is 0 Å². The number of carboxylic acid groups (broad SMARTS) is 1. The van der Waals surface area contributed by atoms with Crippen LogP contribution in [0.1, 0.15) is 30.1 Å². The van der Waals surface area contributed by atoms with Gasteiger partial charge in [-0.25, -0.2) is 0 Å². The highest BCUT2D eigenvalue weighted by Crippen LogP contribution is 2.23. The van der Waals surface area contributed by atoms with E-state index in [0.717, 1.165) is 4.47 Å². The number of hydrogen-bond acceptors (Lipinski definition) is 3. The quantitative estimate of drug-likeness (QED) is 0.797. The summed E-state index contributed by atoms with van der Waals surface area (Å²) >= 11 is 3.31. The summed E-state index contributed by atoms with van der Waals surface area (Å²) in [5.74, 6) is -0.716. The van der Waals surface area contributed by atoms with Gasteiger partial charge in [-0.2, -0.15) is 0 Å². The third kappa shape index (κ3) is 4.85. The molecule has 0 aliphatic carbocycles. The Hall–Kier alpha value is -1.56. The summed E-state index contributed by atoms with van der Waals surface area (Å²) in [6.45, 7) is 2.24. The summed E-state index contributed by atoms with van der Waals surface area (Å²) in [4.78, 5) is 22.8. The first kappa shape index (κ1) is 16.5. The Morgan fingerprint density at radius 1 is 1.45 bits per heavy atom. The molecule has 2 N–H and O–H groups in total. The first-order valence-corrected chi connectivity index (χ1v) is 7.10. The van der Waals surface area contributed by atoms with Crippen LogP contribution < -0.4 is 10.1 Å². The summed E-state index contributed by atoms with van der Waals surface area (Å²) in [7, 11) is 1.50. The van der Waals surface area contributed by atoms with Crippen LogP contribution in [-0.2, 0) is 4.79 Å². The molecule has 0 heterocycles. The smallest absolute Gasteiger partial charge is 0.303 e. The van der Waals surface area contributed by atoms with Gasteiger partial charge in [-0.15, -0.1) is 0 Å². The van der Waals surface area contributed by atoms with Crippen LogP contribution >= 0.6 is 15.9 Å². The molecule has 0 aliphatic rings. The lowest BCUT2D eigenvalue weighted by molar-refractivity contribution is -0.138. The molecular formula is C14H18BrNO4. The van der Waals surface area contributed by atoms with Crippen LogP contribution in [0, 0.1) is 5.92 Å². The van der Waals surface area contributed by atoms with Crippen molar-refractivity contribution in [1.82, 2.24) is 5.32 Å². The van der Waals surface area contributed by atoms with Crippen molar-refractivity contribution in [3.8, 4) is 5.75 Å². The molecule has 6 heteroatoms. The SMILES string of the molecule is CCC(CNC(=O)c1ccc(Br)cc1OC)CC(=O)O. The molecule has 0 saturated carbocycles. The van der Waals surface area contributed by atoms with Crippen molar-refractivity contribution < 1.29 is 19.4 Å². The molecule has 1 aromatic carbocycles. The summed E-state index contributed by atoms with van der Waals surface area (Å²) < 4.78 is 5.98. The van der Waals surface area contributed by atoms with Gasteiger partial charge < -0.3 is 15.2 Å². The number of nitrogens with one attached hydrogen (secondary N) is 1. The predicted octanol–water partition coefficient (Wildman–Crippen LogP) is 2.69. The number of ether oxygens (including phenoxy) is 1. The zero-order chi connectivity index (χ0) is 15.1. The number of carboxylic acids is 1. The maximum atomic E-state index is 12.1. The Bertz CT molecular complexity index is 490. The summed E-state index contributed by atoms with van der Waals surface area (Å²) in [5.41, 5.74) is 0.431. The molecule has 0 spiro atoms. The number of aliphatic carboxylic acids is 1. The molecule has 0 aromatic heterocycles. The van der Waals surface area contributed by atoms with Crippen molar-refractivity contribution in [2.45, 2.75) is 19.8 Å². The van der Waals surface area contributed by atoms with Gasteiger partial charge in [0.2, 0.25) is 0 Å². The Morgan fingerprint density at radius 2 is 2.15 bits per heavy atom. The highest BCUT2D eigenvalue weighted by Gasteiger charge is 2.16. The Morgan fingerprint density at radius 3 is 2.70 bits per heavy atom. The van der Waals surface area contributed by atoms with Gasteiger partial charge in [0.05, 0.1) is 12.7 Å². The first-order chi connectivity index (χ1) is 9.47. The lowest BCUT2D eigenvalue weighted by atomic mass is 10.0. The predicted molar refractivity (Wildman–Crippen MR) is 79.1 cm³/mol. The van der Waals surface area contributed by atoms with Crippen LogP contribution in [0.15, 0.2) is 22.7 Å². The summed E-state index contributed by atoms with van der Waals surface area (Å²) in [5, 5.41) is 11.5.